The number of thiazole rings is 1. The average molecular weight is 453 g/mol. The van der Waals surface area contributed by atoms with Crippen molar-refractivity contribution >= 4 is 51.1 Å². The standard InChI is InChI=1S/C21H16N4O4S2/c1-13-10-14(25(27)28)6-8-16(13)18-9-7-15(29-18)11-22-24-20(26)12-30-21-23-17-4-2-3-5-19(17)31-21/h2-11H,12H2,1H3,(H,24,26)/b22-11-. The van der Waals surface area contributed by atoms with E-state index in [9.17, 15) is 14.9 Å². The zero-order valence-electron chi connectivity index (χ0n) is 16.3. The van der Waals surface area contributed by atoms with Crippen molar-refractivity contribution in [1.82, 2.24) is 10.4 Å². The third-order valence-corrected chi connectivity index (χ3v) is 6.47. The van der Waals surface area contributed by atoms with E-state index < -0.39 is 4.92 Å². The van der Waals surface area contributed by atoms with Crippen molar-refractivity contribution < 1.29 is 14.1 Å². The van der Waals surface area contributed by atoms with Crippen molar-refractivity contribution in [2.24, 2.45) is 5.10 Å². The zero-order chi connectivity index (χ0) is 21.8. The molecular weight excluding hydrogens is 436 g/mol. The molecule has 10 heteroatoms. The van der Waals surface area contributed by atoms with Crippen LogP contribution in [0.3, 0.4) is 0 Å². The minimum Gasteiger partial charge on any atom is -0.455 e. The van der Waals surface area contributed by atoms with Crippen LogP contribution in [0.2, 0.25) is 0 Å². The van der Waals surface area contributed by atoms with Crippen LogP contribution in [0.1, 0.15) is 11.3 Å². The Morgan fingerprint density at radius 3 is 2.90 bits per heavy atom. The zero-order valence-corrected chi connectivity index (χ0v) is 17.9. The Labute approximate surface area is 185 Å². The number of nitro groups is 1. The number of hydrogen-bond acceptors (Lipinski definition) is 8. The van der Waals surface area contributed by atoms with Crippen LogP contribution >= 0.6 is 23.1 Å². The molecule has 2 aromatic heterocycles. The van der Waals surface area contributed by atoms with Gasteiger partial charge in [0.25, 0.3) is 11.6 Å². The molecule has 1 amide bonds. The third-order valence-electron chi connectivity index (χ3n) is 4.30. The van der Waals surface area contributed by atoms with Crippen molar-refractivity contribution in [2.45, 2.75) is 11.3 Å². The molecule has 31 heavy (non-hydrogen) atoms. The highest BCUT2D eigenvalue weighted by atomic mass is 32.2. The molecule has 2 heterocycles. The van der Waals surface area contributed by atoms with Crippen LogP contribution in [0, 0.1) is 17.0 Å². The van der Waals surface area contributed by atoms with Crippen LogP contribution in [-0.4, -0.2) is 27.8 Å². The van der Waals surface area contributed by atoms with Gasteiger partial charge in [-0.05, 0) is 42.8 Å². The van der Waals surface area contributed by atoms with E-state index in [2.05, 4.69) is 15.5 Å². The predicted molar refractivity (Wildman–Crippen MR) is 122 cm³/mol. The average Bonchev–Trinajstić information content (AvgIpc) is 3.38. The molecule has 0 saturated heterocycles. The van der Waals surface area contributed by atoms with Gasteiger partial charge in [-0.2, -0.15) is 5.10 Å². The number of nitrogens with one attached hydrogen (secondary N) is 1. The van der Waals surface area contributed by atoms with Gasteiger partial charge < -0.3 is 4.42 Å². The fourth-order valence-electron chi connectivity index (χ4n) is 2.85. The molecule has 0 aliphatic rings. The summed E-state index contributed by atoms with van der Waals surface area (Å²) in [6.07, 6.45) is 1.41. The number of carbonyl (C=O) groups is 1. The smallest absolute Gasteiger partial charge is 0.269 e. The molecule has 0 radical (unpaired) electrons. The second-order valence-electron chi connectivity index (χ2n) is 6.49. The molecule has 2 aromatic carbocycles. The molecule has 4 rings (SSSR count). The van der Waals surface area contributed by atoms with Crippen LogP contribution in [0.4, 0.5) is 5.69 Å². The number of hydrazone groups is 1. The maximum atomic E-state index is 12.0. The number of carbonyl (C=O) groups excluding carboxylic acids is 1. The number of para-hydroxylation sites is 1. The summed E-state index contributed by atoms with van der Waals surface area (Å²) < 4.78 is 7.62. The molecule has 156 valence electrons. The first-order valence-corrected chi connectivity index (χ1v) is 11.0. The fourth-order valence-corrected chi connectivity index (χ4v) is 4.71. The Morgan fingerprint density at radius 1 is 1.29 bits per heavy atom. The number of non-ortho nitro benzene ring substituents is 1. The summed E-state index contributed by atoms with van der Waals surface area (Å²) >= 11 is 2.90. The monoisotopic (exact) mass is 452 g/mol. The van der Waals surface area contributed by atoms with E-state index in [4.69, 9.17) is 4.42 Å². The number of thioether (sulfide) groups is 1. The highest BCUT2D eigenvalue weighted by Gasteiger charge is 2.12. The van der Waals surface area contributed by atoms with Gasteiger partial charge in [0.15, 0.2) is 4.34 Å². The van der Waals surface area contributed by atoms with Gasteiger partial charge >= 0.3 is 0 Å². The van der Waals surface area contributed by atoms with Crippen molar-refractivity contribution in [3.63, 3.8) is 0 Å². The Hall–Kier alpha value is -3.50. The maximum absolute atomic E-state index is 12.0. The van der Waals surface area contributed by atoms with E-state index in [0.29, 0.717) is 11.5 Å². The molecule has 4 aromatic rings. The summed E-state index contributed by atoms with van der Waals surface area (Å²) in [7, 11) is 0. The van der Waals surface area contributed by atoms with Crippen LogP contribution in [0.15, 0.2) is 68.5 Å². The van der Waals surface area contributed by atoms with Gasteiger partial charge in [-0.3, -0.25) is 14.9 Å². The van der Waals surface area contributed by atoms with Crippen LogP contribution in [0.5, 0.6) is 0 Å². The molecule has 8 nitrogen and oxygen atoms in total. The lowest BCUT2D eigenvalue weighted by Gasteiger charge is -2.02. The molecular formula is C21H16N4O4S2. The second kappa shape index (κ2) is 9.11. The number of nitro benzene ring substituents is 1. The number of aromatic nitrogens is 1. The van der Waals surface area contributed by atoms with E-state index in [1.807, 2.05) is 24.3 Å². The minimum absolute atomic E-state index is 0.0287. The van der Waals surface area contributed by atoms with Crippen LogP contribution < -0.4 is 5.43 Å². The maximum Gasteiger partial charge on any atom is 0.269 e. The van der Waals surface area contributed by atoms with Crippen LogP contribution in [-0.2, 0) is 4.79 Å². The van der Waals surface area contributed by atoms with Gasteiger partial charge in [0, 0.05) is 17.7 Å². The highest BCUT2D eigenvalue weighted by molar-refractivity contribution is 8.01. The van der Waals surface area contributed by atoms with E-state index in [-0.39, 0.29) is 17.3 Å². The lowest BCUT2D eigenvalue weighted by atomic mass is 10.1. The Balaban J connectivity index is 1.32. The minimum atomic E-state index is -0.436. The first kappa shape index (κ1) is 20.8. The first-order chi connectivity index (χ1) is 15.0. The Kier molecular flexibility index (Phi) is 6.10. The summed E-state index contributed by atoms with van der Waals surface area (Å²) in [5, 5.41) is 14.8. The summed E-state index contributed by atoms with van der Waals surface area (Å²) in [4.78, 5) is 26.9. The Bertz CT molecular complexity index is 1260. The highest BCUT2D eigenvalue weighted by Crippen LogP contribution is 2.29. The number of benzene rings is 2. The molecule has 0 atom stereocenters. The summed E-state index contributed by atoms with van der Waals surface area (Å²) in [5.74, 6) is 0.958. The molecule has 0 fully saturated rings. The van der Waals surface area contributed by atoms with Crippen molar-refractivity contribution in [1.29, 1.82) is 0 Å². The second-order valence-corrected chi connectivity index (χ2v) is 8.74. The number of fused-ring (bicyclic) bond motifs is 1. The van der Waals surface area contributed by atoms with Gasteiger partial charge in [-0.1, -0.05) is 23.9 Å². The normalized spacial score (nSPS) is 11.3. The first-order valence-electron chi connectivity index (χ1n) is 9.15. The number of furan rings is 1. The van der Waals surface area contributed by atoms with Crippen LogP contribution in [0.25, 0.3) is 21.5 Å². The van der Waals surface area contributed by atoms with Gasteiger partial charge in [-0.25, -0.2) is 10.4 Å². The van der Waals surface area contributed by atoms with Gasteiger partial charge in [0.05, 0.1) is 27.1 Å². The number of nitrogens with zero attached hydrogens (tertiary/aromatic N) is 3. The molecule has 0 aliphatic heterocycles. The van der Waals surface area contributed by atoms with E-state index in [1.165, 1.54) is 30.1 Å². The lowest BCUT2D eigenvalue weighted by molar-refractivity contribution is -0.384. The SMILES string of the molecule is Cc1cc([N+](=O)[O-])ccc1-c1ccc(/C=N\NC(=O)CSc2nc3ccccc3s2)o1. The topological polar surface area (TPSA) is 111 Å². The predicted octanol–water partition coefficient (Wildman–Crippen LogP) is 5.02. The molecule has 0 unspecified atom stereocenters. The molecule has 0 bridgehead atoms. The Morgan fingerprint density at radius 2 is 2.13 bits per heavy atom. The molecule has 0 aliphatic carbocycles. The van der Waals surface area contributed by atoms with Crippen molar-refractivity contribution in [2.75, 3.05) is 5.75 Å². The molecule has 0 spiro atoms. The van der Waals surface area contributed by atoms with Gasteiger partial charge in [0.2, 0.25) is 0 Å². The number of hydrogen-bond donors (Lipinski definition) is 1. The van der Waals surface area contributed by atoms with Crippen molar-refractivity contribution in [3.05, 3.63) is 76.0 Å². The van der Waals surface area contributed by atoms with E-state index in [0.717, 1.165) is 25.7 Å². The lowest BCUT2D eigenvalue weighted by Crippen LogP contribution is -2.19. The number of aryl methyl sites for hydroxylation is 1. The molecule has 1 N–H and O–H groups in total. The molecule has 0 saturated carbocycles. The summed E-state index contributed by atoms with van der Waals surface area (Å²) in [6.45, 7) is 1.78. The largest absolute Gasteiger partial charge is 0.455 e. The third kappa shape index (κ3) is 4.98. The number of rotatable bonds is 7. The summed E-state index contributed by atoms with van der Waals surface area (Å²) in [6, 6.07) is 15.9. The van der Waals surface area contributed by atoms with Gasteiger partial charge in [-0.15, -0.1) is 11.3 Å². The van der Waals surface area contributed by atoms with Crippen molar-refractivity contribution in [3.8, 4) is 11.3 Å². The summed E-state index contributed by atoms with van der Waals surface area (Å²) in [5.41, 5.74) is 4.90. The number of amides is 1. The van der Waals surface area contributed by atoms with Gasteiger partial charge in [0.1, 0.15) is 11.5 Å². The van der Waals surface area contributed by atoms with E-state index in [1.54, 1.807) is 36.5 Å². The fraction of sp³-hybridized carbons (Fsp3) is 0.0952. The van der Waals surface area contributed by atoms with E-state index >= 15 is 0 Å². The quantitative estimate of drug-likeness (QED) is 0.182.